The highest BCUT2D eigenvalue weighted by Gasteiger charge is 2.25. The van der Waals surface area contributed by atoms with Gasteiger partial charge in [-0.05, 0) is 26.2 Å². The standard InChI is InChI=1S/C18H24N4O2S/c1-20(2)12-13-24-16-6-4-3-5-15(16)17(23)21-8-10-22(11-9-21)18-19-7-14-25-18/h3-7,14H,8-13H2,1-2H3. The summed E-state index contributed by atoms with van der Waals surface area (Å²) in [4.78, 5) is 23.5. The maximum absolute atomic E-state index is 12.9. The molecule has 1 aromatic carbocycles. The fourth-order valence-corrected chi connectivity index (χ4v) is 3.45. The number of ether oxygens (including phenoxy) is 1. The summed E-state index contributed by atoms with van der Waals surface area (Å²) >= 11 is 1.64. The third-order valence-corrected chi connectivity index (χ3v) is 5.00. The number of aromatic nitrogens is 1. The third-order valence-electron chi connectivity index (χ3n) is 4.17. The predicted molar refractivity (Wildman–Crippen MR) is 101 cm³/mol. The van der Waals surface area contributed by atoms with Crippen molar-refractivity contribution in [2.75, 3.05) is 58.3 Å². The number of carbonyl (C=O) groups is 1. The number of hydrogen-bond donors (Lipinski definition) is 0. The number of hydrogen-bond acceptors (Lipinski definition) is 6. The largest absolute Gasteiger partial charge is 0.491 e. The smallest absolute Gasteiger partial charge is 0.257 e. The Morgan fingerprint density at radius 3 is 2.68 bits per heavy atom. The molecule has 0 atom stereocenters. The molecule has 1 aliphatic rings. The number of carbonyl (C=O) groups excluding carboxylic acids is 1. The number of anilines is 1. The van der Waals surface area contributed by atoms with Crippen LogP contribution in [0.4, 0.5) is 5.13 Å². The molecule has 0 radical (unpaired) electrons. The molecule has 0 unspecified atom stereocenters. The second kappa shape index (κ2) is 8.31. The van der Waals surface area contributed by atoms with Gasteiger partial charge < -0.3 is 19.4 Å². The van der Waals surface area contributed by atoms with Gasteiger partial charge in [-0.1, -0.05) is 12.1 Å². The molecule has 7 heteroatoms. The van der Waals surface area contributed by atoms with Gasteiger partial charge in [-0.15, -0.1) is 11.3 Å². The quantitative estimate of drug-likeness (QED) is 0.789. The summed E-state index contributed by atoms with van der Waals surface area (Å²) in [6.45, 7) is 4.39. The predicted octanol–water partition coefficient (Wildman–Crippen LogP) is 2.05. The summed E-state index contributed by atoms with van der Waals surface area (Å²) in [6, 6.07) is 7.51. The molecule has 6 nitrogen and oxygen atoms in total. The maximum atomic E-state index is 12.9. The lowest BCUT2D eigenvalue weighted by Crippen LogP contribution is -2.48. The van der Waals surface area contributed by atoms with Gasteiger partial charge in [0.1, 0.15) is 12.4 Å². The van der Waals surface area contributed by atoms with E-state index in [1.807, 2.05) is 54.8 Å². The Balaban J connectivity index is 1.61. The molecule has 2 aromatic rings. The summed E-state index contributed by atoms with van der Waals surface area (Å²) in [6.07, 6.45) is 1.82. The molecule has 1 saturated heterocycles. The minimum absolute atomic E-state index is 0.0410. The van der Waals surface area contributed by atoms with Crippen molar-refractivity contribution in [3.05, 3.63) is 41.4 Å². The van der Waals surface area contributed by atoms with Crippen molar-refractivity contribution in [2.45, 2.75) is 0 Å². The number of likely N-dealkylation sites (N-methyl/N-ethyl adjacent to an activating group) is 1. The van der Waals surface area contributed by atoms with Crippen LogP contribution < -0.4 is 9.64 Å². The molecule has 0 aliphatic carbocycles. The Hall–Kier alpha value is -2.12. The summed E-state index contributed by atoms with van der Waals surface area (Å²) in [5.41, 5.74) is 0.643. The van der Waals surface area contributed by atoms with Crippen LogP contribution in [0.3, 0.4) is 0 Å². The molecule has 0 spiro atoms. The van der Waals surface area contributed by atoms with E-state index in [2.05, 4.69) is 14.8 Å². The zero-order valence-electron chi connectivity index (χ0n) is 14.7. The van der Waals surface area contributed by atoms with Gasteiger partial charge in [-0.3, -0.25) is 4.79 Å². The number of thiazole rings is 1. The number of rotatable bonds is 6. The van der Waals surface area contributed by atoms with Gasteiger partial charge in [0.2, 0.25) is 0 Å². The van der Waals surface area contributed by atoms with Crippen LogP contribution >= 0.6 is 11.3 Å². The molecule has 3 rings (SSSR count). The minimum atomic E-state index is 0.0410. The van der Waals surface area contributed by atoms with Crippen LogP contribution in [0.1, 0.15) is 10.4 Å². The van der Waals surface area contributed by atoms with Crippen LogP contribution in [-0.4, -0.2) is 74.1 Å². The first-order chi connectivity index (χ1) is 12.1. The van der Waals surface area contributed by atoms with Crippen LogP contribution in [-0.2, 0) is 0 Å². The number of piperazine rings is 1. The van der Waals surface area contributed by atoms with Gasteiger partial charge in [0.15, 0.2) is 5.13 Å². The highest BCUT2D eigenvalue weighted by Crippen LogP contribution is 2.23. The SMILES string of the molecule is CN(C)CCOc1ccccc1C(=O)N1CCN(c2nccs2)CC1. The van der Waals surface area contributed by atoms with E-state index in [9.17, 15) is 4.79 Å². The molecule has 0 bridgehead atoms. The zero-order chi connectivity index (χ0) is 17.6. The van der Waals surface area contributed by atoms with Crippen LogP contribution in [0.2, 0.25) is 0 Å². The summed E-state index contributed by atoms with van der Waals surface area (Å²) in [5.74, 6) is 0.705. The first-order valence-corrected chi connectivity index (χ1v) is 9.33. The Morgan fingerprint density at radius 1 is 1.24 bits per heavy atom. The minimum Gasteiger partial charge on any atom is -0.491 e. The van der Waals surface area contributed by atoms with Gasteiger partial charge in [-0.25, -0.2) is 4.98 Å². The van der Waals surface area contributed by atoms with Crippen LogP contribution in [0.25, 0.3) is 0 Å². The number of nitrogens with zero attached hydrogens (tertiary/aromatic N) is 4. The monoisotopic (exact) mass is 360 g/mol. The number of amides is 1. The lowest BCUT2D eigenvalue weighted by Gasteiger charge is -2.34. The van der Waals surface area contributed by atoms with Crippen LogP contribution in [0.15, 0.2) is 35.8 Å². The molecular weight excluding hydrogens is 336 g/mol. The topological polar surface area (TPSA) is 48.9 Å². The third kappa shape index (κ3) is 4.49. The van der Waals surface area contributed by atoms with Crippen molar-refractivity contribution >= 4 is 22.4 Å². The summed E-state index contributed by atoms with van der Waals surface area (Å²) in [5, 5.41) is 3.01. The van der Waals surface area contributed by atoms with E-state index in [1.54, 1.807) is 11.3 Å². The van der Waals surface area contributed by atoms with Gasteiger partial charge >= 0.3 is 0 Å². The Kier molecular flexibility index (Phi) is 5.88. The van der Waals surface area contributed by atoms with E-state index >= 15 is 0 Å². The summed E-state index contributed by atoms with van der Waals surface area (Å²) in [7, 11) is 4.00. The molecule has 134 valence electrons. The average Bonchev–Trinajstić information content (AvgIpc) is 3.16. The highest BCUT2D eigenvalue weighted by atomic mass is 32.1. The molecule has 1 aromatic heterocycles. The Labute approximate surface area is 152 Å². The van der Waals surface area contributed by atoms with E-state index in [4.69, 9.17) is 4.74 Å². The highest BCUT2D eigenvalue weighted by molar-refractivity contribution is 7.13. The lowest BCUT2D eigenvalue weighted by atomic mass is 10.1. The van der Waals surface area contributed by atoms with E-state index in [0.29, 0.717) is 31.0 Å². The Morgan fingerprint density at radius 2 is 2.00 bits per heavy atom. The average molecular weight is 360 g/mol. The van der Waals surface area contributed by atoms with Crippen molar-refractivity contribution < 1.29 is 9.53 Å². The first kappa shape index (κ1) is 17.7. The summed E-state index contributed by atoms with van der Waals surface area (Å²) < 4.78 is 5.83. The maximum Gasteiger partial charge on any atom is 0.257 e. The first-order valence-electron chi connectivity index (χ1n) is 8.45. The van der Waals surface area contributed by atoms with E-state index < -0.39 is 0 Å². The van der Waals surface area contributed by atoms with Crippen LogP contribution in [0, 0.1) is 0 Å². The number of benzene rings is 1. The molecule has 25 heavy (non-hydrogen) atoms. The van der Waals surface area contributed by atoms with Crippen molar-refractivity contribution in [3.63, 3.8) is 0 Å². The fraction of sp³-hybridized carbons (Fsp3) is 0.444. The van der Waals surface area contributed by atoms with E-state index in [1.165, 1.54) is 0 Å². The normalized spacial score (nSPS) is 14.8. The molecular formula is C18H24N4O2S. The molecule has 0 saturated carbocycles. The molecule has 1 amide bonds. The van der Waals surface area contributed by atoms with Gasteiger partial charge in [0, 0.05) is 44.3 Å². The molecule has 0 N–H and O–H groups in total. The zero-order valence-corrected chi connectivity index (χ0v) is 15.5. The van der Waals surface area contributed by atoms with Crippen LogP contribution in [0.5, 0.6) is 5.75 Å². The Bertz CT molecular complexity index is 682. The lowest BCUT2D eigenvalue weighted by molar-refractivity contribution is 0.0742. The molecule has 1 fully saturated rings. The molecule has 2 heterocycles. The fourth-order valence-electron chi connectivity index (χ4n) is 2.75. The van der Waals surface area contributed by atoms with Gasteiger partial charge in [0.25, 0.3) is 5.91 Å². The molecule has 1 aliphatic heterocycles. The van der Waals surface area contributed by atoms with E-state index in [0.717, 1.165) is 24.8 Å². The van der Waals surface area contributed by atoms with Crippen molar-refractivity contribution in [1.82, 2.24) is 14.8 Å². The number of para-hydroxylation sites is 1. The van der Waals surface area contributed by atoms with Crippen molar-refractivity contribution in [1.29, 1.82) is 0 Å². The van der Waals surface area contributed by atoms with Gasteiger partial charge in [0.05, 0.1) is 5.56 Å². The van der Waals surface area contributed by atoms with Crippen molar-refractivity contribution in [2.24, 2.45) is 0 Å². The van der Waals surface area contributed by atoms with Crippen molar-refractivity contribution in [3.8, 4) is 5.75 Å². The second-order valence-electron chi connectivity index (χ2n) is 6.24. The van der Waals surface area contributed by atoms with E-state index in [-0.39, 0.29) is 5.91 Å². The van der Waals surface area contributed by atoms with Gasteiger partial charge in [-0.2, -0.15) is 0 Å². The second-order valence-corrected chi connectivity index (χ2v) is 7.11.